The van der Waals surface area contributed by atoms with Gasteiger partial charge in [-0.2, -0.15) is 0 Å². The lowest BCUT2D eigenvalue weighted by Crippen LogP contribution is -2.43. The minimum atomic E-state index is -0.0529. The molecule has 0 aliphatic carbocycles. The number of rotatable bonds is 4. The average molecular weight is 246 g/mol. The van der Waals surface area contributed by atoms with Gasteiger partial charge in [0.25, 0.3) is 0 Å². The highest BCUT2D eigenvalue weighted by molar-refractivity contribution is 5.95. The Labute approximate surface area is 104 Å². The number of carbonyl (C=O) groups is 1. The summed E-state index contributed by atoms with van der Waals surface area (Å²) in [6, 6.07) is 0.326. The van der Waals surface area contributed by atoms with Crippen LogP contribution in [0.1, 0.15) is 22.4 Å². The van der Waals surface area contributed by atoms with Crippen molar-refractivity contribution in [3.05, 3.63) is 30.1 Å². The van der Waals surface area contributed by atoms with E-state index in [1.807, 2.05) is 17.8 Å². The van der Waals surface area contributed by atoms with Crippen LogP contribution in [0.5, 0.6) is 0 Å². The van der Waals surface area contributed by atoms with Gasteiger partial charge in [0.05, 0.1) is 18.7 Å². The van der Waals surface area contributed by atoms with Crippen LogP contribution in [0.15, 0.2) is 18.6 Å². The summed E-state index contributed by atoms with van der Waals surface area (Å²) < 4.78 is 3.58. The topological polar surface area (TPSA) is 77.6 Å². The summed E-state index contributed by atoms with van der Waals surface area (Å²) in [6.07, 6.45) is 5.47. The number of hydrogen-bond acceptors (Lipinski definition) is 5. The Morgan fingerprint density at radius 3 is 3.00 bits per heavy atom. The zero-order valence-corrected chi connectivity index (χ0v) is 10.1. The van der Waals surface area contributed by atoms with Crippen molar-refractivity contribution in [2.75, 3.05) is 13.1 Å². The van der Waals surface area contributed by atoms with Gasteiger partial charge in [0.2, 0.25) is 0 Å². The predicted molar refractivity (Wildman–Crippen MR) is 63.2 cm³/mol. The van der Waals surface area contributed by atoms with Gasteiger partial charge in [0, 0.05) is 32.5 Å². The second-order valence-corrected chi connectivity index (χ2v) is 4.45. The molecule has 1 aliphatic rings. The van der Waals surface area contributed by atoms with Crippen LogP contribution in [0.3, 0.4) is 0 Å². The van der Waals surface area contributed by atoms with Crippen molar-refractivity contribution in [3.63, 3.8) is 0 Å². The van der Waals surface area contributed by atoms with E-state index >= 15 is 0 Å². The lowest BCUT2D eigenvalue weighted by atomic mass is 10.2. The molecule has 3 rings (SSSR count). The summed E-state index contributed by atoms with van der Waals surface area (Å²) in [7, 11) is 1.87. The van der Waals surface area contributed by atoms with E-state index in [1.54, 1.807) is 17.1 Å². The van der Waals surface area contributed by atoms with Gasteiger partial charge >= 0.3 is 0 Å². The minimum Gasteiger partial charge on any atom is -0.338 e. The number of aryl methyl sites for hydroxylation is 1. The van der Waals surface area contributed by atoms with E-state index in [2.05, 4.69) is 20.6 Å². The number of aromatic nitrogens is 5. The zero-order valence-electron chi connectivity index (χ0n) is 10.1. The molecular formula is C11H14N6O. The number of nitrogens with one attached hydrogen (secondary N) is 1. The number of hydrogen-bond donors (Lipinski definition) is 1. The van der Waals surface area contributed by atoms with Crippen LogP contribution in [0.25, 0.3) is 0 Å². The summed E-state index contributed by atoms with van der Waals surface area (Å²) in [5, 5.41) is 11.1. The van der Waals surface area contributed by atoms with Gasteiger partial charge in [-0.1, -0.05) is 5.21 Å². The minimum absolute atomic E-state index is 0.0529. The molecule has 0 saturated carbocycles. The zero-order chi connectivity index (χ0) is 12.5. The molecule has 0 spiro atoms. The maximum absolute atomic E-state index is 12.0. The third-order valence-electron chi connectivity index (χ3n) is 3.17. The maximum Gasteiger partial charge on any atom is 0.192 e. The highest BCUT2D eigenvalue weighted by Crippen LogP contribution is 2.11. The van der Waals surface area contributed by atoms with Crippen LogP contribution in [-0.2, 0) is 13.5 Å². The Morgan fingerprint density at radius 1 is 1.56 bits per heavy atom. The van der Waals surface area contributed by atoms with Crippen molar-refractivity contribution in [3.8, 4) is 0 Å². The number of ketones is 1. The van der Waals surface area contributed by atoms with Gasteiger partial charge in [-0.15, -0.1) is 5.10 Å². The van der Waals surface area contributed by atoms with E-state index in [0.717, 1.165) is 18.9 Å². The molecule has 1 N–H and O–H groups in total. The van der Waals surface area contributed by atoms with Crippen molar-refractivity contribution in [1.29, 1.82) is 0 Å². The molecule has 94 valence electrons. The molecule has 2 aromatic rings. The molecule has 0 atom stereocenters. The molecule has 0 bridgehead atoms. The second kappa shape index (κ2) is 4.34. The van der Waals surface area contributed by atoms with Crippen LogP contribution < -0.4 is 5.32 Å². The molecule has 0 unspecified atom stereocenters. The fourth-order valence-electron chi connectivity index (χ4n) is 1.84. The van der Waals surface area contributed by atoms with Crippen LogP contribution in [0.4, 0.5) is 0 Å². The fourth-order valence-corrected chi connectivity index (χ4v) is 1.84. The molecule has 7 heteroatoms. The third kappa shape index (κ3) is 1.92. The Kier molecular flexibility index (Phi) is 2.67. The monoisotopic (exact) mass is 246 g/mol. The molecular weight excluding hydrogens is 232 g/mol. The van der Waals surface area contributed by atoms with Crippen LogP contribution in [0, 0.1) is 0 Å². The van der Waals surface area contributed by atoms with Gasteiger partial charge in [-0.3, -0.25) is 4.79 Å². The third-order valence-corrected chi connectivity index (χ3v) is 3.17. The molecule has 3 heterocycles. The Balaban J connectivity index is 1.72. The van der Waals surface area contributed by atoms with Crippen molar-refractivity contribution >= 4 is 5.78 Å². The van der Waals surface area contributed by atoms with Gasteiger partial charge in [0.15, 0.2) is 5.78 Å². The molecule has 2 aromatic heterocycles. The summed E-state index contributed by atoms with van der Waals surface area (Å²) >= 11 is 0. The van der Waals surface area contributed by atoms with E-state index in [9.17, 15) is 4.79 Å². The molecule has 1 saturated heterocycles. The summed E-state index contributed by atoms with van der Waals surface area (Å²) in [6.45, 7) is 1.77. The van der Waals surface area contributed by atoms with Crippen molar-refractivity contribution in [2.45, 2.75) is 12.5 Å². The first-order valence-corrected chi connectivity index (χ1v) is 5.86. The number of imidazole rings is 1. The van der Waals surface area contributed by atoms with E-state index < -0.39 is 0 Å². The van der Waals surface area contributed by atoms with Crippen molar-refractivity contribution in [2.24, 2.45) is 7.05 Å². The summed E-state index contributed by atoms with van der Waals surface area (Å²) in [5.41, 5.74) is 0.407. The standard InChI is InChI=1S/C11H14N6O/c1-16-3-2-13-11(16)4-10(18)9-7-17(15-14-9)8-5-12-6-8/h2-3,7-8,12H,4-6H2,1H3. The molecule has 0 aromatic carbocycles. The van der Waals surface area contributed by atoms with Crippen LogP contribution in [-0.4, -0.2) is 43.4 Å². The average Bonchev–Trinajstić information content (AvgIpc) is 2.87. The highest BCUT2D eigenvalue weighted by atomic mass is 16.1. The quantitative estimate of drug-likeness (QED) is 0.741. The van der Waals surface area contributed by atoms with Gasteiger partial charge in [-0.05, 0) is 0 Å². The first kappa shape index (κ1) is 11.1. The Bertz CT molecular complexity index is 568. The molecule has 1 aliphatic heterocycles. The van der Waals surface area contributed by atoms with E-state index in [-0.39, 0.29) is 12.2 Å². The second-order valence-electron chi connectivity index (χ2n) is 4.45. The van der Waals surface area contributed by atoms with Crippen LogP contribution >= 0.6 is 0 Å². The lowest BCUT2D eigenvalue weighted by Gasteiger charge is -2.26. The van der Waals surface area contributed by atoms with Crippen LogP contribution in [0.2, 0.25) is 0 Å². The first-order valence-electron chi connectivity index (χ1n) is 5.86. The summed E-state index contributed by atoms with van der Waals surface area (Å²) in [5.74, 6) is 0.683. The molecule has 0 amide bonds. The smallest absolute Gasteiger partial charge is 0.192 e. The molecule has 7 nitrogen and oxygen atoms in total. The van der Waals surface area contributed by atoms with Crippen molar-refractivity contribution < 1.29 is 4.79 Å². The highest BCUT2D eigenvalue weighted by Gasteiger charge is 2.22. The van der Waals surface area contributed by atoms with Gasteiger partial charge in [0.1, 0.15) is 11.5 Å². The predicted octanol–water partition coefficient (Wildman–Crippen LogP) is -0.419. The maximum atomic E-state index is 12.0. The largest absolute Gasteiger partial charge is 0.338 e. The van der Waals surface area contributed by atoms with E-state index in [1.165, 1.54) is 0 Å². The molecule has 1 fully saturated rings. The molecule has 18 heavy (non-hydrogen) atoms. The lowest BCUT2D eigenvalue weighted by molar-refractivity contribution is 0.0985. The molecule has 0 radical (unpaired) electrons. The number of carbonyl (C=O) groups excluding carboxylic acids is 1. The van der Waals surface area contributed by atoms with Gasteiger partial charge < -0.3 is 9.88 Å². The Morgan fingerprint density at radius 2 is 2.39 bits per heavy atom. The number of nitrogens with zero attached hydrogens (tertiary/aromatic N) is 5. The normalized spacial score (nSPS) is 15.6. The summed E-state index contributed by atoms with van der Waals surface area (Å²) in [4.78, 5) is 16.1. The SMILES string of the molecule is Cn1ccnc1CC(=O)c1cn(C2CNC2)nn1. The Hall–Kier alpha value is -2.02. The first-order chi connectivity index (χ1) is 8.74. The van der Waals surface area contributed by atoms with Gasteiger partial charge in [-0.25, -0.2) is 9.67 Å². The fraction of sp³-hybridized carbons (Fsp3) is 0.455. The van der Waals surface area contributed by atoms with E-state index in [4.69, 9.17) is 0 Å². The number of Topliss-reactive ketones (excluding diaryl/α,β-unsaturated/α-hetero) is 1. The van der Waals surface area contributed by atoms with E-state index in [0.29, 0.717) is 11.7 Å². The van der Waals surface area contributed by atoms with Crippen molar-refractivity contribution in [1.82, 2.24) is 29.9 Å².